The van der Waals surface area contributed by atoms with Crippen molar-refractivity contribution in [3.8, 4) is 5.75 Å². The van der Waals surface area contributed by atoms with E-state index >= 15 is 0 Å². The van der Waals surface area contributed by atoms with Crippen molar-refractivity contribution in [2.75, 3.05) is 12.4 Å². The highest BCUT2D eigenvalue weighted by atomic mass is 32.1. The molecule has 3 rings (SSSR count). The molecule has 1 unspecified atom stereocenters. The zero-order valence-corrected chi connectivity index (χ0v) is 15.7. The average molecular weight is 370 g/mol. The van der Waals surface area contributed by atoms with Gasteiger partial charge in [-0.25, -0.2) is 0 Å². The minimum Gasteiger partial charge on any atom is -0.497 e. The van der Waals surface area contributed by atoms with Crippen molar-refractivity contribution < 1.29 is 14.3 Å². The summed E-state index contributed by atoms with van der Waals surface area (Å²) >= 11 is 1.47. The SMILES string of the molecule is COc1ccc(C=CC(=O)Nc2sc3c(c2C(N)=O)CCC(C)C3)cc1. The van der Waals surface area contributed by atoms with E-state index in [2.05, 4.69) is 12.2 Å². The third-order valence-electron chi connectivity index (χ3n) is 4.54. The maximum Gasteiger partial charge on any atom is 0.251 e. The number of benzene rings is 1. The van der Waals surface area contributed by atoms with Crippen LogP contribution in [0.2, 0.25) is 0 Å². The van der Waals surface area contributed by atoms with Gasteiger partial charge < -0.3 is 15.8 Å². The molecular weight excluding hydrogens is 348 g/mol. The van der Waals surface area contributed by atoms with E-state index in [4.69, 9.17) is 10.5 Å². The lowest BCUT2D eigenvalue weighted by Crippen LogP contribution is -2.18. The predicted molar refractivity (Wildman–Crippen MR) is 105 cm³/mol. The van der Waals surface area contributed by atoms with Gasteiger partial charge in [-0.2, -0.15) is 0 Å². The molecule has 0 bridgehead atoms. The number of fused-ring (bicyclic) bond motifs is 1. The largest absolute Gasteiger partial charge is 0.497 e. The summed E-state index contributed by atoms with van der Waals surface area (Å²) in [7, 11) is 1.61. The Hall–Kier alpha value is -2.60. The van der Waals surface area contributed by atoms with Crippen molar-refractivity contribution in [3.05, 3.63) is 51.9 Å². The molecule has 1 heterocycles. The van der Waals surface area contributed by atoms with Crippen molar-refractivity contribution in [2.45, 2.75) is 26.2 Å². The molecule has 26 heavy (non-hydrogen) atoms. The molecule has 1 aliphatic rings. The van der Waals surface area contributed by atoms with E-state index in [1.54, 1.807) is 13.2 Å². The van der Waals surface area contributed by atoms with Crippen molar-refractivity contribution in [1.82, 2.24) is 0 Å². The second-order valence-electron chi connectivity index (χ2n) is 6.52. The number of thiophene rings is 1. The number of nitrogens with two attached hydrogens (primary N) is 1. The molecule has 0 saturated carbocycles. The summed E-state index contributed by atoms with van der Waals surface area (Å²) in [4.78, 5) is 25.4. The third kappa shape index (κ3) is 3.96. The molecule has 2 aromatic rings. The Kier molecular flexibility index (Phi) is 5.42. The lowest BCUT2D eigenvalue weighted by atomic mass is 9.88. The number of hydrogen-bond acceptors (Lipinski definition) is 4. The lowest BCUT2D eigenvalue weighted by molar-refractivity contribution is -0.111. The summed E-state index contributed by atoms with van der Waals surface area (Å²) in [5, 5.41) is 3.38. The van der Waals surface area contributed by atoms with Crippen LogP contribution < -0.4 is 15.8 Å². The highest BCUT2D eigenvalue weighted by molar-refractivity contribution is 7.17. The van der Waals surface area contributed by atoms with Crippen LogP contribution in [0.3, 0.4) is 0 Å². The Labute approximate surface area is 156 Å². The van der Waals surface area contributed by atoms with Crippen LogP contribution in [0, 0.1) is 5.92 Å². The maximum atomic E-state index is 12.3. The smallest absolute Gasteiger partial charge is 0.251 e. The number of ether oxygens (including phenoxy) is 1. The molecule has 0 saturated heterocycles. The quantitative estimate of drug-likeness (QED) is 0.789. The lowest BCUT2D eigenvalue weighted by Gasteiger charge is -2.18. The first-order chi connectivity index (χ1) is 12.5. The van der Waals surface area contributed by atoms with Crippen LogP contribution in [0.4, 0.5) is 5.00 Å². The number of nitrogens with one attached hydrogen (secondary N) is 1. The molecule has 1 atom stereocenters. The van der Waals surface area contributed by atoms with Gasteiger partial charge in [0.1, 0.15) is 10.8 Å². The number of carbonyl (C=O) groups excluding carboxylic acids is 2. The van der Waals surface area contributed by atoms with Gasteiger partial charge in [-0.15, -0.1) is 11.3 Å². The van der Waals surface area contributed by atoms with E-state index in [0.717, 1.165) is 41.0 Å². The fraction of sp³-hybridized carbons (Fsp3) is 0.300. The molecule has 3 N–H and O–H groups in total. The molecule has 0 aliphatic heterocycles. The summed E-state index contributed by atoms with van der Waals surface area (Å²) in [6.45, 7) is 2.20. The fourth-order valence-electron chi connectivity index (χ4n) is 3.14. The summed E-state index contributed by atoms with van der Waals surface area (Å²) < 4.78 is 5.11. The van der Waals surface area contributed by atoms with E-state index in [1.165, 1.54) is 17.4 Å². The van der Waals surface area contributed by atoms with E-state index < -0.39 is 5.91 Å². The minimum absolute atomic E-state index is 0.282. The second kappa shape index (κ2) is 7.74. The summed E-state index contributed by atoms with van der Waals surface area (Å²) in [6.07, 6.45) is 5.97. The van der Waals surface area contributed by atoms with Crippen molar-refractivity contribution in [3.63, 3.8) is 0 Å². The molecular formula is C20H22N2O3S. The molecule has 1 aliphatic carbocycles. The average Bonchev–Trinajstić information content (AvgIpc) is 2.97. The van der Waals surface area contributed by atoms with Gasteiger partial charge in [-0.1, -0.05) is 19.1 Å². The summed E-state index contributed by atoms with van der Waals surface area (Å²) in [5.41, 5.74) is 7.94. The van der Waals surface area contributed by atoms with Crippen LogP contribution in [0.1, 0.15) is 39.7 Å². The number of primary amides is 1. The number of anilines is 1. The Morgan fingerprint density at radius 2 is 2.04 bits per heavy atom. The highest BCUT2D eigenvalue weighted by Crippen LogP contribution is 2.39. The van der Waals surface area contributed by atoms with Crippen molar-refractivity contribution >= 4 is 34.2 Å². The topological polar surface area (TPSA) is 81.4 Å². The van der Waals surface area contributed by atoms with E-state index in [-0.39, 0.29) is 5.91 Å². The van der Waals surface area contributed by atoms with Gasteiger partial charge in [-0.3, -0.25) is 9.59 Å². The zero-order chi connectivity index (χ0) is 18.7. The molecule has 1 aromatic carbocycles. The number of rotatable bonds is 5. The second-order valence-corrected chi connectivity index (χ2v) is 7.62. The van der Waals surface area contributed by atoms with Crippen LogP contribution in [0.5, 0.6) is 5.75 Å². The third-order valence-corrected chi connectivity index (χ3v) is 5.71. The Bertz CT molecular complexity index is 853. The predicted octanol–water partition coefficient (Wildman–Crippen LogP) is 3.63. The van der Waals surface area contributed by atoms with Gasteiger partial charge in [0.05, 0.1) is 12.7 Å². The number of methoxy groups -OCH3 is 1. The zero-order valence-electron chi connectivity index (χ0n) is 14.9. The fourth-order valence-corrected chi connectivity index (χ4v) is 4.56. The van der Waals surface area contributed by atoms with E-state index in [0.29, 0.717) is 16.5 Å². The molecule has 0 fully saturated rings. The van der Waals surface area contributed by atoms with Gasteiger partial charge in [0.25, 0.3) is 5.91 Å². The van der Waals surface area contributed by atoms with Crippen LogP contribution in [0.25, 0.3) is 6.08 Å². The van der Waals surface area contributed by atoms with Gasteiger partial charge in [0.2, 0.25) is 5.91 Å². The van der Waals surface area contributed by atoms with Crippen molar-refractivity contribution in [2.24, 2.45) is 11.7 Å². The molecule has 0 radical (unpaired) electrons. The van der Waals surface area contributed by atoms with E-state index in [9.17, 15) is 9.59 Å². The molecule has 5 nitrogen and oxygen atoms in total. The molecule has 0 spiro atoms. The Morgan fingerprint density at radius 3 is 2.69 bits per heavy atom. The van der Waals surface area contributed by atoms with E-state index in [1.807, 2.05) is 24.3 Å². The maximum absolute atomic E-state index is 12.3. The number of hydrogen-bond donors (Lipinski definition) is 2. The monoisotopic (exact) mass is 370 g/mol. The van der Waals surface area contributed by atoms with Gasteiger partial charge in [0, 0.05) is 11.0 Å². The Morgan fingerprint density at radius 1 is 1.31 bits per heavy atom. The van der Waals surface area contributed by atoms with Gasteiger partial charge in [-0.05, 0) is 54.5 Å². The van der Waals surface area contributed by atoms with Crippen LogP contribution in [-0.2, 0) is 17.6 Å². The van der Waals surface area contributed by atoms with Gasteiger partial charge in [0.15, 0.2) is 0 Å². The van der Waals surface area contributed by atoms with Crippen LogP contribution >= 0.6 is 11.3 Å². The molecule has 1 aromatic heterocycles. The standard InChI is InChI=1S/C20H22N2O3S/c1-12-3-9-15-16(11-12)26-20(18(15)19(21)24)22-17(23)10-6-13-4-7-14(25-2)8-5-13/h4-8,10,12H,3,9,11H2,1-2H3,(H2,21,24)(H,22,23). The first kappa shape index (κ1) is 18.2. The van der Waals surface area contributed by atoms with Crippen molar-refractivity contribution in [1.29, 1.82) is 0 Å². The van der Waals surface area contributed by atoms with Crippen LogP contribution in [0.15, 0.2) is 30.3 Å². The minimum atomic E-state index is -0.480. The Balaban J connectivity index is 1.76. The first-order valence-corrected chi connectivity index (χ1v) is 9.37. The van der Waals surface area contributed by atoms with Gasteiger partial charge >= 0.3 is 0 Å². The normalized spacial score (nSPS) is 16.3. The number of amides is 2. The first-order valence-electron chi connectivity index (χ1n) is 8.55. The highest BCUT2D eigenvalue weighted by Gasteiger charge is 2.26. The molecule has 6 heteroatoms. The van der Waals surface area contributed by atoms with Crippen LogP contribution in [-0.4, -0.2) is 18.9 Å². The number of carbonyl (C=O) groups is 2. The summed E-state index contributed by atoms with van der Waals surface area (Å²) in [6, 6.07) is 7.39. The molecule has 136 valence electrons. The molecule has 2 amide bonds. The summed E-state index contributed by atoms with van der Waals surface area (Å²) in [5.74, 6) is 0.581.